The summed E-state index contributed by atoms with van der Waals surface area (Å²) in [5.74, 6) is -0.874. The molecule has 3 aromatic carbocycles. The molecule has 4 rings (SSSR count). The van der Waals surface area contributed by atoms with Gasteiger partial charge in [0.15, 0.2) is 6.61 Å². The van der Waals surface area contributed by atoms with Crippen molar-refractivity contribution in [2.24, 2.45) is 5.92 Å². The molecule has 0 aliphatic carbocycles. The molecule has 1 atom stereocenters. The average molecular weight is 417 g/mol. The molecule has 1 unspecified atom stereocenters. The number of likely N-dealkylation sites (tertiary alicyclic amines) is 1. The minimum absolute atomic E-state index is 0.0741. The van der Waals surface area contributed by atoms with E-state index in [2.05, 4.69) is 10.9 Å². The second-order valence-electron chi connectivity index (χ2n) is 7.50. The van der Waals surface area contributed by atoms with Crippen LogP contribution in [-0.4, -0.2) is 35.8 Å². The highest BCUT2D eigenvalue weighted by atomic mass is 16.5. The van der Waals surface area contributed by atoms with E-state index >= 15 is 0 Å². The number of benzene rings is 3. The van der Waals surface area contributed by atoms with E-state index in [0.29, 0.717) is 18.8 Å². The summed E-state index contributed by atoms with van der Waals surface area (Å²) in [4.78, 5) is 38.3. The van der Waals surface area contributed by atoms with Crippen LogP contribution < -0.4 is 15.6 Å². The van der Waals surface area contributed by atoms with Crippen LogP contribution in [0.1, 0.15) is 12.0 Å². The molecule has 1 aliphatic rings. The Balaban J connectivity index is 1.22. The molecule has 0 radical (unpaired) electrons. The van der Waals surface area contributed by atoms with Crippen LogP contribution in [0.2, 0.25) is 0 Å². The number of hydrogen-bond donors (Lipinski definition) is 2. The largest absolute Gasteiger partial charge is 0.484 e. The van der Waals surface area contributed by atoms with Crippen molar-refractivity contribution in [1.82, 2.24) is 15.8 Å². The SMILES string of the molecule is O=C(COc1ccc2ccccc2c1)NNC(=O)C1CC(=O)N(Cc2ccccc2)C1. The molecular formula is C24H23N3O4. The number of nitrogens with one attached hydrogen (secondary N) is 2. The number of fused-ring (bicyclic) bond motifs is 1. The lowest BCUT2D eigenvalue weighted by Crippen LogP contribution is -2.46. The average Bonchev–Trinajstić information content (AvgIpc) is 3.16. The van der Waals surface area contributed by atoms with Gasteiger partial charge < -0.3 is 9.64 Å². The predicted molar refractivity (Wildman–Crippen MR) is 116 cm³/mol. The van der Waals surface area contributed by atoms with Gasteiger partial charge >= 0.3 is 0 Å². The fourth-order valence-corrected chi connectivity index (χ4v) is 3.58. The third-order valence-electron chi connectivity index (χ3n) is 5.22. The molecule has 3 aromatic rings. The van der Waals surface area contributed by atoms with Crippen molar-refractivity contribution in [2.45, 2.75) is 13.0 Å². The fourth-order valence-electron chi connectivity index (χ4n) is 3.58. The van der Waals surface area contributed by atoms with Gasteiger partial charge in [0.25, 0.3) is 5.91 Å². The summed E-state index contributed by atoms with van der Waals surface area (Å²) in [6, 6.07) is 23.0. The first-order chi connectivity index (χ1) is 15.1. The number of ether oxygens (including phenoxy) is 1. The molecule has 7 nitrogen and oxygen atoms in total. The molecule has 1 fully saturated rings. The van der Waals surface area contributed by atoms with E-state index in [4.69, 9.17) is 4.74 Å². The van der Waals surface area contributed by atoms with Crippen molar-refractivity contribution >= 4 is 28.5 Å². The van der Waals surface area contributed by atoms with Crippen LogP contribution in [0.25, 0.3) is 10.8 Å². The maximum atomic E-state index is 12.4. The highest BCUT2D eigenvalue weighted by molar-refractivity contribution is 5.90. The van der Waals surface area contributed by atoms with Gasteiger partial charge in [0.05, 0.1) is 5.92 Å². The van der Waals surface area contributed by atoms with Crippen molar-refractivity contribution in [3.05, 3.63) is 78.4 Å². The van der Waals surface area contributed by atoms with Gasteiger partial charge in [0.2, 0.25) is 11.8 Å². The minimum Gasteiger partial charge on any atom is -0.484 e. The number of nitrogens with zero attached hydrogens (tertiary/aromatic N) is 1. The molecule has 0 spiro atoms. The summed E-state index contributed by atoms with van der Waals surface area (Å²) in [5, 5.41) is 2.10. The second-order valence-corrected chi connectivity index (χ2v) is 7.50. The summed E-state index contributed by atoms with van der Waals surface area (Å²) in [6.07, 6.45) is 0.127. The van der Waals surface area contributed by atoms with Gasteiger partial charge in [-0.15, -0.1) is 0 Å². The Morgan fingerprint density at radius 2 is 1.68 bits per heavy atom. The molecule has 0 bridgehead atoms. The monoisotopic (exact) mass is 417 g/mol. The number of amides is 3. The lowest BCUT2D eigenvalue weighted by atomic mass is 10.1. The minimum atomic E-state index is -0.502. The highest BCUT2D eigenvalue weighted by Crippen LogP contribution is 2.21. The zero-order valence-electron chi connectivity index (χ0n) is 16.9. The van der Waals surface area contributed by atoms with E-state index in [0.717, 1.165) is 16.3 Å². The van der Waals surface area contributed by atoms with E-state index in [1.165, 1.54) is 0 Å². The lowest BCUT2D eigenvalue weighted by molar-refractivity contribution is -0.132. The zero-order valence-corrected chi connectivity index (χ0v) is 16.9. The first-order valence-electron chi connectivity index (χ1n) is 10.1. The summed E-state index contributed by atoms with van der Waals surface area (Å²) < 4.78 is 5.51. The number of rotatable bonds is 6. The molecule has 158 valence electrons. The van der Waals surface area contributed by atoms with E-state index in [-0.39, 0.29) is 24.8 Å². The molecule has 1 saturated heterocycles. The van der Waals surface area contributed by atoms with E-state index in [9.17, 15) is 14.4 Å². The van der Waals surface area contributed by atoms with Crippen molar-refractivity contribution in [3.8, 4) is 5.75 Å². The normalized spacial score (nSPS) is 15.7. The molecule has 1 heterocycles. The standard InChI is InChI=1S/C24H23N3O4/c28-22(16-31-21-11-10-18-8-4-5-9-19(18)12-21)25-26-24(30)20-13-23(29)27(15-20)14-17-6-2-1-3-7-17/h1-12,20H,13-16H2,(H,25,28)(H,26,30). The summed E-state index contributed by atoms with van der Waals surface area (Å²) in [5.41, 5.74) is 5.76. The van der Waals surface area contributed by atoms with Crippen LogP contribution in [0.4, 0.5) is 0 Å². The molecule has 7 heteroatoms. The van der Waals surface area contributed by atoms with Crippen LogP contribution in [0, 0.1) is 5.92 Å². The topological polar surface area (TPSA) is 87.7 Å². The number of carbonyl (C=O) groups excluding carboxylic acids is 3. The lowest BCUT2D eigenvalue weighted by Gasteiger charge is -2.16. The van der Waals surface area contributed by atoms with E-state index in [1.54, 1.807) is 11.0 Å². The Kier molecular flexibility index (Phi) is 6.12. The number of hydrazine groups is 1. The Labute approximate surface area is 180 Å². The molecule has 0 aromatic heterocycles. The molecule has 31 heavy (non-hydrogen) atoms. The van der Waals surface area contributed by atoms with Gasteiger partial charge in [-0.05, 0) is 28.5 Å². The summed E-state index contributed by atoms with van der Waals surface area (Å²) in [6.45, 7) is 0.556. The highest BCUT2D eigenvalue weighted by Gasteiger charge is 2.34. The maximum absolute atomic E-state index is 12.4. The molecule has 3 amide bonds. The summed E-state index contributed by atoms with van der Waals surface area (Å²) >= 11 is 0. The summed E-state index contributed by atoms with van der Waals surface area (Å²) in [7, 11) is 0. The molecule has 2 N–H and O–H groups in total. The van der Waals surface area contributed by atoms with Gasteiger partial charge in [-0.3, -0.25) is 25.2 Å². The number of carbonyl (C=O) groups is 3. The molecule has 1 aliphatic heterocycles. The predicted octanol–water partition coefficient (Wildman–Crippen LogP) is 2.41. The van der Waals surface area contributed by atoms with Crippen LogP contribution in [-0.2, 0) is 20.9 Å². The first kappa shape index (κ1) is 20.4. The van der Waals surface area contributed by atoms with Crippen molar-refractivity contribution in [1.29, 1.82) is 0 Å². The second kappa shape index (κ2) is 9.30. The van der Waals surface area contributed by atoms with Gasteiger partial charge in [-0.2, -0.15) is 0 Å². The Morgan fingerprint density at radius 3 is 2.48 bits per heavy atom. The van der Waals surface area contributed by atoms with Gasteiger partial charge in [-0.1, -0.05) is 60.7 Å². The van der Waals surface area contributed by atoms with Gasteiger partial charge in [0.1, 0.15) is 5.75 Å². The van der Waals surface area contributed by atoms with Crippen LogP contribution in [0.5, 0.6) is 5.75 Å². The molecular weight excluding hydrogens is 394 g/mol. The van der Waals surface area contributed by atoms with Gasteiger partial charge in [0, 0.05) is 19.5 Å². The van der Waals surface area contributed by atoms with Crippen molar-refractivity contribution in [2.75, 3.05) is 13.2 Å². The quantitative estimate of drug-likeness (QED) is 0.603. The first-order valence-corrected chi connectivity index (χ1v) is 10.1. The molecule has 0 saturated carbocycles. The van der Waals surface area contributed by atoms with Crippen molar-refractivity contribution in [3.63, 3.8) is 0 Å². The maximum Gasteiger partial charge on any atom is 0.276 e. The number of hydrogen-bond acceptors (Lipinski definition) is 4. The Bertz CT molecular complexity index is 1100. The fraction of sp³-hybridized carbons (Fsp3) is 0.208. The zero-order chi connectivity index (χ0) is 21.6. The van der Waals surface area contributed by atoms with Crippen LogP contribution in [0.15, 0.2) is 72.8 Å². The van der Waals surface area contributed by atoms with Crippen LogP contribution in [0.3, 0.4) is 0 Å². The van der Waals surface area contributed by atoms with Crippen molar-refractivity contribution < 1.29 is 19.1 Å². The third kappa shape index (κ3) is 5.19. The van der Waals surface area contributed by atoms with Crippen LogP contribution >= 0.6 is 0 Å². The van der Waals surface area contributed by atoms with E-state index in [1.807, 2.05) is 66.7 Å². The third-order valence-corrected chi connectivity index (χ3v) is 5.22. The smallest absolute Gasteiger partial charge is 0.276 e. The Morgan fingerprint density at radius 1 is 0.935 bits per heavy atom. The Hall–Kier alpha value is -3.87. The van der Waals surface area contributed by atoms with E-state index < -0.39 is 11.8 Å². The van der Waals surface area contributed by atoms with Gasteiger partial charge in [-0.25, -0.2) is 0 Å².